The molecule has 0 aliphatic heterocycles. The van der Waals surface area contributed by atoms with E-state index in [-0.39, 0.29) is 12.5 Å². The molecule has 31 heavy (non-hydrogen) atoms. The van der Waals surface area contributed by atoms with Crippen LogP contribution < -0.4 is 0 Å². The SMILES string of the molecule is Cc1cccc(C)c1-c1nc(C)c(C(=O)N(CC(=O)O)Cc2nc3ccccc3s2)s1. The summed E-state index contributed by atoms with van der Waals surface area (Å²) in [6, 6.07) is 13.7. The standard InChI is InChI=1S/C23H21N3O3S2/c1-13-7-6-8-14(2)20(13)22-24-15(3)21(31-22)23(29)26(12-19(27)28)11-18-25-16-9-4-5-10-17(16)30-18/h4-10H,11-12H2,1-3H3,(H,27,28). The minimum absolute atomic E-state index is 0.139. The van der Waals surface area contributed by atoms with Crippen LogP contribution >= 0.6 is 22.7 Å². The van der Waals surface area contributed by atoms with Gasteiger partial charge >= 0.3 is 5.97 Å². The number of amides is 1. The third kappa shape index (κ3) is 4.35. The van der Waals surface area contributed by atoms with Crippen molar-refractivity contribution in [2.24, 2.45) is 0 Å². The fourth-order valence-corrected chi connectivity index (χ4v) is 5.70. The highest BCUT2D eigenvalue weighted by molar-refractivity contribution is 7.18. The lowest BCUT2D eigenvalue weighted by atomic mass is 10.0. The highest BCUT2D eigenvalue weighted by Crippen LogP contribution is 2.33. The number of carbonyl (C=O) groups is 2. The Hall–Kier alpha value is -3.10. The number of thiazole rings is 2. The third-order valence-electron chi connectivity index (χ3n) is 4.96. The number of rotatable bonds is 6. The summed E-state index contributed by atoms with van der Waals surface area (Å²) in [5.41, 5.74) is 4.64. The molecule has 0 aliphatic rings. The van der Waals surface area contributed by atoms with Crippen LogP contribution in [-0.4, -0.2) is 38.4 Å². The van der Waals surface area contributed by atoms with E-state index in [9.17, 15) is 14.7 Å². The summed E-state index contributed by atoms with van der Waals surface area (Å²) in [4.78, 5) is 35.8. The number of fused-ring (bicyclic) bond motifs is 1. The van der Waals surface area contributed by atoms with Gasteiger partial charge in [0.05, 0.1) is 22.5 Å². The Morgan fingerprint density at radius 3 is 2.35 bits per heavy atom. The average molecular weight is 452 g/mol. The Morgan fingerprint density at radius 1 is 0.968 bits per heavy atom. The van der Waals surface area contributed by atoms with Crippen LogP contribution in [0.4, 0.5) is 0 Å². The first-order valence-corrected chi connectivity index (χ1v) is 11.4. The average Bonchev–Trinajstić information content (AvgIpc) is 3.29. The molecule has 8 heteroatoms. The number of para-hydroxylation sites is 1. The van der Waals surface area contributed by atoms with Crippen molar-refractivity contribution >= 4 is 44.8 Å². The molecule has 2 aromatic heterocycles. The van der Waals surface area contributed by atoms with Crippen molar-refractivity contribution in [3.8, 4) is 10.6 Å². The number of nitrogens with zero attached hydrogens (tertiary/aromatic N) is 3. The number of carbonyl (C=O) groups excluding carboxylic acids is 1. The second-order valence-electron chi connectivity index (χ2n) is 7.33. The van der Waals surface area contributed by atoms with Crippen molar-refractivity contribution in [2.75, 3.05) is 6.54 Å². The summed E-state index contributed by atoms with van der Waals surface area (Å²) >= 11 is 2.77. The minimum atomic E-state index is -1.06. The van der Waals surface area contributed by atoms with Crippen LogP contribution in [0.2, 0.25) is 0 Å². The van der Waals surface area contributed by atoms with Crippen LogP contribution in [0.3, 0.4) is 0 Å². The molecule has 0 radical (unpaired) electrons. The van der Waals surface area contributed by atoms with Crippen molar-refractivity contribution in [2.45, 2.75) is 27.3 Å². The van der Waals surface area contributed by atoms with E-state index in [2.05, 4.69) is 9.97 Å². The predicted octanol–water partition coefficient (Wildman–Crippen LogP) is 5.07. The summed E-state index contributed by atoms with van der Waals surface area (Å²) in [6.45, 7) is 5.57. The van der Waals surface area contributed by atoms with Crippen LogP contribution in [0.25, 0.3) is 20.8 Å². The van der Waals surface area contributed by atoms with Gasteiger partial charge in [-0.25, -0.2) is 9.97 Å². The van der Waals surface area contributed by atoms with Crippen LogP contribution in [0.1, 0.15) is 31.5 Å². The molecule has 2 heterocycles. The van der Waals surface area contributed by atoms with Gasteiger partial charge in [0.15, 0.2) is 0 Å². The molecule has 0 bridgehead atoms. The number of hydrogen-bond acceptors (Lipinski definition) is 6. The molecule has 158 valence electrons. The molecule has 0 atom stereocenters. The zero-order chi connectivity index (χ0) is 22.1. The van der Waals surface area contributed by atoms with Crippen LogP contribution in [0, 0.1) is 20.8 Å². The third-order valence-corrected chi connectivity index (χ3v) is 7.15. The normalized spacial score (nSPS) is 11.1. The van der Waals surface area contributed by atoms with Crippen molar-refractivity contribution in [1.29, 1.82) is 0 Å². The predicted molar refractivity (Wildman–Crippen MR) is 124 cm³/mol. The molecular weight excluding hydrogens is 430 g/mol. The molecular formula is C23H21N3O3S2. The van der Waals surface area contributed by atoms with Gasteiger partial charge in [-0.2, -0.15) is 0 Å². The van der Waals surface area contributed by atoms with E-state index < -0.39 is 12.5 Å². The van der Waals surface area contributed by atoms with Gasteiger partial charge in [0, 0.05) is 5.56 Å². The second kappa shape index (κ2) is 8.56. The highest BCUT2D eigenvalue weighted by atomic mass is 32.1. The smallest absolute Gasteiger partial charge is 0.323 e. The van der Waals surface area contributed by atoms with Gasteiger partial charge in [0.2, 0.25) is 0 Å². The van der Waals surface area contributed by atoms with Crippen molar-refractivity contribution in [3.63, 3.8) is 0 Å². The topological polar surface area (TPSA) is 83.4 Å². The summed E-state index contributed by atoms with van der Waals surface area (Å²) in [6.07, 6.45) is 0. The molecule has 0 aliphatic carbocycles. The number of benzene rings is 2. The highest BCUT2D eigenvalue weighted by Gasteiger charge is 2.25. The lowest BCUT2D eigenvalue weighted by molar-refractivity contribution is -0.137. The zero-order valence-corrected chi connectivity index (χ0v) is 19.0. The molecule has 4 rings (SSSR count). The molecule has 0 saturated carbocycles. The van der Waals surface area contributed by atoms with Gasteiger partial charge in [0.1, 0.15) is 21.4 Å². The molecule has 1 N–H and O–H groups in total. The largest absolute Gasteiger partial charge is 0.480 e. The zero-order valence-electron chi connectivity index (χ0n) is 17.4. The van der Waals surface area contributed by atoms with E-state index in [0.717, 1.165) is 31.9 Å². The van der Waals surface area contributed by atoms with Gasteiger partial charge in [-0.15, -0.1) is 22.7 Å². The Balaban J connectivity index is 1.67. The van der Waals surface area contributed by atoms with Crippen molar-refractivity contribution in [1.82, 2.24) is 14.9 Å². The van der Waals surface area contributed by atoms with E-state index in [1.54, 1.807) is 6.92 Å². The molecule has 0 spiro atoms. The lowest BCUT2D eigenvalue weighted by Gasteiger charge is -2.18. The molecule has 1 amide bonds. The van der Waals surface area contributed by atoms with Gasteiger partial charge in [-0.1, -0.05) is 30.3 Å². The minimum Gasteiger partial charge on any atom is -0.480 e. The number of aromatic nitrogens is 2. The van der Waals surface area contributed by atoms with E-state index in [1.807, 2.05) is 56.3 Å². The Morgan fingerprint density at radius 2 is 1.68 bits per heavy atom. The maximum absolute atomic E-state index is 13.3. The van der Waals surface area contributed by atoms with Gasteiger partial charge in [-0.3, -0.25) is 9.59 Å². The molecule has 0 unspecified atom stereocenters. The van der Waals surface area contributed by atoms with Gasteiger partial charge < -0.3 is 10.0 Å². The summed E-state index contributed by atoms with van der Waals surface area (Å²) < 4.78 is 1.01. The summed E-state index contributed by atoms with van der Waals surface area (Å²) in [5, 5.41) is 10.9. The van der Waals surface area contributed by atoms with Crippen LogP contribution in [0.5, 0.6) is 0 Å². The van der Waals surface area contributed by atoms with Gasteiger partial charge in [-0.05, 0) is 44.0 Å². The Labute approximate surface area is 187 Å². The fraction of sp³-hybridized carbons (Fsp3) is 0.217. The van der Waals surface area contributed by atoms with Gasteiger partial charge in [0.25, 0.3) is 5.91 Å². The summed E-state index contributed by atoms with van der Waals surface area (Å²) in [5.74, 6) is -1.40. The lowest BCUT2D eigenvalue weighted by Crippen LogP contribution is -2.35. The van der Waals surface area contributed by atoms with Crippen molar-refractivity contribution in [3.05, 3.63) is 69.2 Å². The second-order valence-corrected chi connectivity index (χ2v) is 9.44. The first kappa shape index (κ1) is 21.1. The molecule has 6 nitrogen and oxygen atoms in total. The van der Waals surface area contributed by atoms with E-state index >= 15 is 0 Å². The Kier molecular flexibility index (Phi) is 5.84. The maximum Gasteiger partial charge on any atom is 0.323 e. The van der Waals surface area contributed by atoms with E-state index in [4.69, 9.17) is 0 Å². The fourth-order valence-electron chi connectivity index (χ4n) is 3.51. The van der Waals surface area contributed by atoms with Crippen LogP contribution in [0.15, 0.2) is 42.5 Å². The number of aryl methyl sites for hydroxylation is 3. The molecule has 0 fully saturated rings. The molecule has 2 aromatic carbocycles. The summed E-state index contributed by atoms with van der Waals surface area (Å²) in [7, 11) is 0. The molecule has 0 saturated heterocycles. The maximum atomic E-state index is 13.3. The van der Waals surface area contributed by atoms with E-state index in [0.29, 0.717) is 15.6 Å². The Bertz CT molecular complexity index is 1240. The van der Waals surface area contributed by atoms with Crippen molar-refractivity contribution < 1.29 is 14.7 Å². The first-order valence-electron chi connectivity index (χ1n) is 9.73. The van der Waals surface area contributed by atoms with Crippen LogP contribution in [-0.2, 0) is 11.3 Å². The van der Waals surface area contributed by atoms with E-state index in [1.165, 1.54) is 27.6 Å². The number of carboxylic acids is 1. The molecule has 4 aromatic rings. The number of aliphatic carboxylic acids is 1. The monoisotopic (exact) mass is 451 g/mol. The number of hydrogen-bond donors (Lipinski definition) is 1. The quantitative estimate of drug-likeness (QED) is 0.442. The number of carboxylic acid groups (broad SMARTS) is 1. The first-order chi connectivity index (χ1) is 14.8.